The van der Waals surface area contributed by atoms with Crippen LogP contribution in [0.2, 0.25) is 0 Å². The summed E-state index contributed by atoms with van der Waals surface area (Å²) in [5.74, 6) is -0.345. The summed E-state index contributed by atoms with van der Waals surface area (Å²) in [7, 11) is 0. The molecule has 1 unspecified atom stereocenters. The lowest BCUT2D eigenvalue weighted by Gasteiger charge is -2.34. The van der Waals surface area contributed by atoms with Crippen LogP contribution in [0.15, 0.2) is 29.6 Å². The van der Waals surface area contributed by atoms with E-state index in [0.29, 0.717) is 24.3 Å². The van der Waals surface area contributed by atoms with Gasteiger partial charge in [-0.15, -0.1) is 21.5 Å². The van der Waals surface area contributed by atoms with Crippen LogP contribution in [-0.4, -0.2) is 44.5 Å². The average Bonchev–Trinajstić information content (AvgIpc) is 3.36. The van der Waals surface area contributed by atoms with Gasteiger partial charge < -0.3 is 10.2 Å². The van der Waals surface area contributed by atoms with E-state index in [4.69, 9.17) is 0 Å². The van der Waals surface area contributed by atoms with Crippen LogP contribution in [0.3, 0.4) is 0 Å². The third-order valence-electron chi connectivity index (χ3n) is 4.81. The van der Waals surface area contributed by atoms with Gasteiger partial charge in [-0.1, -0.05) is 23.5 Å². The van der Waals surface area contributed by atoms with Crippen molar-refractivity contribution in [3.63, 3.8) is 0 Å². The molecule has 0 saturated carbocycles. The average molecular weight is 428 g/mol. The van der Waals surface area contributed by atoms with E-state index in [2.05, 4.69) is 20.5 Å². The zero-order chi connectivity index (χ0) is 20.4. The Labute approximate surface area is 176 Å². The molecule has 7 nitrogen and oxygen atoms in total. The molecule has 0 aliphatic carbocycles. The standard InChI is InChI=1S/C20H21N5O2S2/c1-12-21-16(11-28-12)20(27)25-9-4-3-8-17(25)18(26)22-15-7-5-6-14(10-15)19-24-23-13(2)29-19/h5-7,10-11,17H,3-4,8-9H2,1-2H3,(H,22,26). The number of benzene rings is 1. The lowest BCUT2D eigenvalue weighted by Crippen LogP contribution is -2.50. The minimum atomic E-state index is -0.495. The Balaban J connectivity index is 1.51. The maximum Gasteiger partial charge on any atom is 0.274 e. The number of carbonyl (C=O) groups is 2. The number of piperidine rings is 1. The van der Waals surface area contributed by atoms with Crippen LogP contribution in [-0.2, 0) is 4.79 Å². The number of carbonyl (C=O) groups excluding carboxylic acids is 2. The highest BCUT2D eigenvalue weighted by Gasteiger charge is 2.33. The molecule has 1 saturated heterocycles. The molecule has 2 amide bonds. The zero-order valence-electron chi connectivity index (χ0n) is 16.2. The van der Waals surface area contributed by atoms with Crippen LogP contribution in [0.25, 0.3) is 10.6 Å². The van der Waals surface area contributed by atoms with Crippen LogP contribution >= 0.6 is 22.7 Å². The second kappa shape index (κ2) is 8.38. The fraction of sp³-hybridized carbons (Fsp3) is 0.350. The molecular formula is C20H21N5O2S2. The topological polar surface area (TPSA) is 88.1 Å². The molecular weight excluding hydrogens is 406 g/mol. The van der Waals surface area contributed by atoms with Gasteiger partial charge in [0.2, 0.25) is 5.91 Å². The molecule has 2 aromatic heterocycles. The van der Waals surface area contributed by atoms with Gasteiger partial charge in [-0.25, -0.2) is 4.98 Å². The van der Waals surface area contributed by atoms with Crippen molar-refractivity contribution in [2.75, 3.05) is 11.9 Å². The monoisotopic (exact) mass is 427 g/mol. The Morgan fingerprint density at radius 1 is 1.17 bits per heavy atom. The Bertz CT molecular complexity index is 1040. The molecule has 1 aromatic carbocycles. The van der Waals surface area contributed by atoms with Crippen LogP contribution in [0.1, 0.15) is 39.8 Å². The molecule has 3 heterocycles. The van der Waals surface area contributed by atoms with Gasteiger partial charge >= 0.3 is 0 Å². The van der Waals surface area contributed by atoms with Crippen molar-refractivity contribution in [2.45, 2.75) is 39.2 Å². The van der Waals surface area contributed by atoms with Gasteiger partial charge in [-0.3, -0.25) is 9.59 Å². The van der Waals surface area contributed by atoms with Crippen LogP contribution < -0.4 is 5.32 Å². The van der Waals surface area contributed by atoms with Gasteiger partial charge in [0.05, 0.1) is 5.01 Å². The highest BCUT2D eigenvalue weighted by molar-refractivity contribution is 7.14. The molecule has 150 valence electrons. The van der Waals surface area contributed by atoms with Gasteiger partial charge in [-0.05, 0) is 45.2 Å². The fourth-order valence-corrected chi connectivity index (χ4v) is 4.70. The van der Waals surface area contributed by atoms with Gasteiger partial charge in [0.1, 0.15) is 21.8 Å². The van der Waals surface area contributed by atoms with Crippen molar-refractivity contribution in [1.82, 2.24) is 20.1 Å². The summed E-state index contributed by atoms with van der Waals surface area (Å²) in [6, 6.07) is 7.05. The molecule has 1 aliphatic heterocycles. The summed E-state index contributed by atoms with van der Waals surface area (Å²) in [6.07, 6.45) is 2.46. The minimum absolute atomic E-state index is 0.171. The molecule has 29 heavy (non-hydrogen) atoms. The third kappa shape index (κ3) is 4.35. The maximum absolute atomic E-state index is 13.0. The van der Waals surface area contributed by atoms with E-state index in [1.165, 1.54) is 22.7 Å². The van der Waals surface area contributed by atoms with Gasteiger partial charge in [0.15, 0.2) is 0 Å². The highest BCUT2D eigenvalue weighted by Crippen LogP contribution is 2.27. The summed E-state index contributed by atoms with van der Waals surface area (Å²) in [5.41, 5.74) is 2.01. The number of amides is 2. The molecule has 9 heteroatoms. The minimum Gasteiger partial charge on any atom is -0.325 e. The van der Waals surface area contributed by atoms with Crippen molar-refractivity contribution >= 4 is 40.2 Å². The summed E-state index contributed by atoms with van der Waals surface area (Å²) in [6.45, 7) is 4.34. The normalized spacial score (nSPS) is 16.6. The third-order valence-corrected chi connectivity index (χ3v) is 6.47. The van der Waals surface area contributed by atoms with E-state index < -0.39 is 6.04 Å². The Morgan fingerprint density at radius 2 is 2.03 bits per heavy atom. The number of hydrogen-bond acceptors (Lipinski definition) is 7. The zero-order valence-corrected chi connectivity index (χ0v) is 17.8. The number of likely N-dealkylation sites (tertiary alicyclic amines) is 1. The van der Waals surface area contributed by atoms with E-state index in [1.54, 1.807) is 10.3 Å². The number of aromatic nitrogens is 3. The van der Waals surface area contributed by atoms with E-state index >= 15 is 0 Å². The first kappa shape index (κ1) is 19.7. The molecule has 4 rings (SSSR count). The van der Waals surface area contributed by atoms with Crippen LogP contribution in [0.5, 0.6) is 0 Å². The summed E-state index contributed by atoms with van der Waals surface area (Å²) in [5, 5.41) is 15.5. The SMILES string of the molecule is Cc1nc(C(=O)N2CCCCC2C(=O)Nc2cccc(-c3nnc(C)s3)c2)cs1. The fourth-order valence-electron chi connectivity index (χ4n) is 3.42. The number of hydrogen-bond donors (Lipinski definition) is 1. The van der Waals surface area contributed by atoms with Gasteiger partial charge in [0.25, 0.3) is 5.91 Å². The van der Waals surface area contributed by atoms with Crippen molar-refractivity contribution in [3.8, 4) is 10.6 Å². The largest absolute Gasteiger partial charge is 0.325 e. The molecule has 3 aromatic rings. The van der Waals surface area contributed by atoms with Crippen molar-refractivity contribution < 1.29 is 9.59 Å². The van der Waals surface area contributed by atoms with Crippen LogP contribution in [0.4, 0.5) is 5.69 Å². The first-order chi connectivity index (χ1) is 14.0. The number of aryl methyl sites for hydroxylation is 2. The van der Waals surface area contributed by atoms with Gasteiger partial charge in [0, 0.05) is 23.2 Å². The lowest BCUT2D eigenvalue weighted by molar-refractivity contribution is -0.121. The molecule has 1 atom stereocenters. The quantitative estimate of drug-likeness (QED) is 0.682. The summed E-state index contributed by atoms with van der Waals surface area (Å²) in [4.78, 5) is 31.9. The number of anilines is 1. The molecule has 0 radical (unpaired) electrons. The van der Waals surface area contributed by atoms with Gasteiger partial charge in [-0.2, -0.15) is 0 Å². The Kier molecular flexibility index (Phi) is 5.68. The Morgan fingerprint density at radius 3 is 2.76 bits per heavy atom. The van der Waals surface area contributed by atoms with Crippen molar-refractivity contribution in [1.29, 1.82) is 0 Å². The van der Waals surface area contributed by atoms with E-state index in [1.807, 2.05) is 38.1 Å². The molecule has 1 N–H and O–H groups in total. The smallest absolute Gasteiger partial charge is 0.274 e. The van der Waals surface area contributed by atoms with Crippen LogP contribution in [0, 0.1) is 13.8 Å². The number of thiazole rings is 1. The molecule has 1 aliphatic rings. The predicted octanol–water partition coefficient (Wildman–Crippen LogP) is 3.91. The Hall–Kier alpha value is -2.65. The number of nitrogens with one attached hydrogen (secondary N) is 1. The summed E-state index contributed by atoms with van der Waals surface area (Å²) >= 11 is 2.95. The second-order valence-corrected chi connectivity index (χ2v) is 9.20. The maximum atomic E-state index is 13.0. The first-order valence-corrected chi connectivity index (χ1v) is 11.2. The van der Waals surface area contributed by atoms with E-state index in [9.17, 15) is 9.59 Å². The van der Waals surface area contributed by atoms with E-state index in [-0.39, 0.29) is 11.8 Å². The first-order valence-electron chi connectivity index (χ1n) is 9.46. The lowest BCUT2D eigenvalue weighted by atomic mass is 10.0. The number of rotatable bonds is 4. The second-order valence-electron chi connectivity index (χ2n) is 6.96. The molecule has 0 spiro atoms. The summed E-state index contributed by atoms with van der Waals surface area (Å²) < 4.78 is 0. The van der Waals surface area contributed by atoms with Crippen molar-refractivity contribution in [3.05, 3.63) is 45.4 Å². The molecule has 1 fully saturated rings. The predicted molar refractivity (Wildman–Crippen MR) is 114 cm³/mol. The van der Waals surface area contributed by atoms with E-state index in [0.717, 1.165) is 33.4 Å². The highest BCUT2D eigenvalue weighted by atomic mass is 32.1. The van der Waals surface area contributed by atoms with Crippen molar-refractivity contribution in [2.24, 2.45) is 0 Å². The number of nitrogens with zero attached hydrogens (tertiary/aromatic N) is 4. The molecule has 0 bridgehead atoms.